The van der Waals surface area contributed by atoms with E-state index in [0.717, 1.165) is 36.8 Å². The summed E-state index contributed by atoms with van der Waals surface area (Å²) in [6, 6.07) is 0. The van der Waals surface area contributed by atoms with Crippen LogP contribution in [-0.2, 0) is 4.74 Å². The van der Waals surface area contributed by atoms with Crippen LogP contribution in [0.15, 0.2) is 18.6 Å². The monoisotopic (exact) mass is 385 g/mol. The minimum atomic E-state index is -2.02. The number of ether oxygens (including phenoxy) is 2. The van der Waals surface area contributed by atoms with Crippen molar-refractivity contribution in [3.05, 3.63) is 24.2 Å². The third-order valence-electron chi connectivity index (χ3n) is 5.55. The predicted molar refractivity (Wildman–Crippen MR) is 101 cm³/mol. The van der Waals surface area contributed by atoms with Crippen molar-refractivity contribution in [2.45, 2.75) is 49.7 Å². The molecule has 0 saturated carbocycles. The highest BCUT2D eigenvalue weighted by atomic mass is 16.6. The highest BCUT2D eigenvalue weighted by Crippen LogP contribution is 2.43. The molecule has 148 valence electrons. The lowest BCUT2D eigenvalue weighted by Gasteiger charge is -2.26. The quantitative estimate of drug-likeness (QED) is 0.674. The van der Waals surface area contributed by atoms with Crippen LogP contribution >= 0.6 is 0 Å². The zero-order chi connectivity index (χ0) is 19.9. The lowest BCUT2D eigenvalue weighted by Crippen LogP contribution is -2.45. The van der Waals surface area contributed by atoms with E-state index in [1.807, 2.05) is 0 Å². The van der Waals surface area contributed by atoms with Gasteiger partial charge in [0.15, 0.2) is 11.8 Å². The molecule has 3 N–H and O–H groups in total. The summed E-state index contributed by atoms with van der Waals surface area (Å²) in [4.78, 5) is 8.58. The van der Waals surface area contributed by atoms with Gasteiger partial charge in [-0.2, -0.15) is 0 Å². The van der Waals surface area contributed by atoms with Crippen molar-refractivity contribution in [3.8, 4) is 18.2 Å². The molecule has 1 aliphatic carbocycles. The van der Waals surface area contributed by atoms with Gasteiger partial charge in [-0.05, 0) is 31.3 Å². The summed E-state index contributed by atoms with van der Waals surface area (Å²) < 4.78 is 12.8. The number of methoxy groups -OCH3 is 1. The molecule has 8 heteroatoms. The molecule has 8 nitrogen and oxygen atoms in total. The molecule has 0 spiro atoms. The maximum atomic E-state index is 11.0. The van der Waals surface area contributed by atoms with E-state index in [4.69, 9.17) is 15.9 Å². The number of hydrogen-bond donors (Lipinski definition) is 3. The van der Waals surface area contributed by atoms with Crippen LogP contribution in [0.3, 0.4) is 0 Å². The maximum Gasteiger partial charge on any atom is 0.226 e. The number of terminal acetylenes is 1. The molecule has 0 radical (unpaired) electrons. The Kier molecular flexibility index (Phi) is 4.85. The highest BCUT2D eigenvalue weighted by molar-refractivity contribution is 5.94. The van der Waals surface area contributed by atoms with Gasteiger partial charge in [-0.25, -0.2) is 9.97 Å². The first-order chi connectivity index (χ1) is 13.5. The summed E-state index contributed by atoms with van der Waals surface area (Å²) in [6.07, 6.45) is 11.4. The minimum absolute atomic E-state index is 0.409. The zero-order valence-electron chi connectivity index (χ0n) is 15.6. The van der Waals surface area contributed by atoms with E-state index in [-0.39, 0.29) is 0 Å². The first-order valence-corrected chi connectivity index (χ1v) is 9.28. The van der Waals surface area contributed by atoms with Gasteiger partial charge in [-0.1, -0.05) is 12.0 Å². The zero-order valence-corrected chi connectivity index (χ0v) is 15.6. The number of aliphatic hydroxyl groups is 3. The van der Waals surface area contributed by atoms with Crippen molar-refractivity contribution in [1.82, 2.24) is 14.5 Å². The number of rotatable bonds is 4. The van der Waals surface area contributed by atoms with E-state index in [2.05, 4.69) is 22.0 Å². The van der Waals surface area contributed by atoms with Crippen molar-refractivity contribution in [2.75, 3.05) is 13.7 Å². The molecule has 2 aromatic heterocycles. The topological polar surface area (TPSA) is 110 Å². The van der Waals surface area contributed by atoms with Gasteiger partial charge in [0.05, 0.1) is 19.1 Å². The van der Waals surface area contributed by atoms with Gasteiger partial charge in [0.25, 0.3) is 0 Å². The molecule has 1 saturated heterocycles. The highest BCUT2D eigenvalue weighted by Gasteiger charge is 2.55. The van der Waals surface area contributed by atoms with E-state index in [1.165, 1.54) is 13.4 Å². The molecule has 0 bridgehead atoms. The fourth-order valence-electron chi connectivity index (χ4n) is 4.07. The van der Waals surface area contributed by atoms with Crippen LogP contribution in [0.5, 0.6) is 5.88 Å². The second-order valence-electron chi connectivity index (χ2n) is 7.13. The SMILES string of the molecule is C#C[C@@]1(O)[C@H](O)[C@@H](CO)O[C@H]1n1cc(C2=CCCCC2)c2c(OC)ncnc21. The van der Waals surface area contributed by atoms with Gasteiger partial charge in [-0.3, -0.25) is 0 Å². The van der Waals surface area contributed by atoms with E-state index in [9.17, 15) is 15.3 Å². The van der Waals surface area contributed by atoms with Crippen molar-refractivity contribution in [3.63, 3.8) is 0 Å². The van der Waals surface area contributed by atoms with Crippen LogP contribution in [0.25, 0.3) is 16.6 Å². The normalized spacial score (nSPS) is 30.2. The van der Waals surface area contributed by atoms with E-state index >= 15 is 0 Å². The van der Waals surface area contributed by atoms with E-state index < -0.39 is 30.6 Å². The fourth-order valence-corrected chi connectivity index (χ4v) is 4.07. The first-order valence-electron chi connectivity index (χ1n) is 9.28. The van der Waals surface area contributed by atoms with Crippen LogP contribution in [0, 0.1) is 12.3 Å². The second kappa shape index (κ2) is 7.18. The summed E-state index contributed by atoms with van der Waals surface area (Å²) in [5.41, 5.74) is 0.481. The van der Waals surface area contributed by atoms with E-state index in [1.54, 1.807) is 10.8 Å². The number of fused-ring (bicyclic) bond motifs is 1. The van der Waals surface area contributed by atoms with Crippen LogP contribution in [0.2, 0.25) is 0 Å². The summed E-state index contributed by atoms with van der Waals surface area (Å²) in [5, 5.41) is 31.6. The second-order valence-corrected chi connectivity index (χ2v) is 7.13. The molecular weight excluding hydrogens is 362 g/mol. The number of aromatic nitrogens is 3. The molecule has 0 aromatic carbocycles. The average Bonchev–Trinajstić information content (AvgIpc) is 3.24. The maximum absolute atomic E-state index is 11.0. The molecule has 0 unspecified atom stereocenters. The Balaban J connectivity index is 1.93. The Morgan fingerprint density at radius 2 is 2.25 bits per heavy atom. The van der Waals surface area contributed by atoms with Crippen molar-refractivity contribution >= 4 is 16.6 Å². The number of aliphatic hydroxyl groups excluding tert-OH is 2. The lowest BCUT2D eigenvalue weighted by molar-refractivity contribution is -0.0718. The average molecular weight is 385 g/mol. The third-order valence-corrected chi connectivity index (χ3v) is 5.55. The molecule has 3 heterocycles. The summed E-state index contributed by atoms with van der Waals surface area (Å²) in [5.74, 6) is 2.65. The standard InChI is InChI=1S/C20H23N3O5/c1-3-20(26)16(25)14(10-24)28-19(20)23-9-13(12-7-5-4-6-8-12)15-17(23)21-11-22-18(15)27-2/h1,7,9,11,14,16,19,24-26H,4-6,8,10H2,2H3/t14-,16-,19-,20-/m1/s1. The molecule has 28 heavy (non-hydrogen) atoms. The third kappa shape index (κ3) is 2.71. The largest absolute Gasteiger partial charge is 0.480 e. The van der Waals surface area contributed by atoms with E-state index in [0.29, 0.717) is 16.9 Å². The Hall–Kier alpha value is -2.44. The lowest BCUT2D eigenvalue weighted by atomic mass is 9.94. The Labute approximate surface area is 162 Å². The Bertz CT molecular complexity index is 963. The summed E-state index contributed by atoms with van der Waals surface area (Å²) in [7, 11) is 1.54. The van der Waals surface area contributed by atoms with Gasteiger partial charge in [0.1, 0.15) is 24.2 Å². The first kappa shape index (κ1) is 18.9. The molecular formula is C20H23N3O5. The summed E-state index contributed by atoms with van der Waals surface area (Å²) >= 11 is 0. The van der Waals surface area contributed by atoms with Gasteiger partial charge in [0.2, 0.25) is 5.88 Å². The molecule has 0 amide bonds. The fraction of sp³-hybridized carbons (Fsp3) is 0.500. The Morgan fingerprint density at radius 1 is 1.43 bits per heavy atom. The number of allylic oxidation sites excluding steroid dienone is 2. The smallest absolute Gasteiger partial charge is 0.226 e. The molecule has 2 aromatic rings. The minimum Gasteiger partial charge on any atom is -0.480 e. The van der Waals surface area contributed by atoms with Gasteiger partial charge < -0.3 is 29.4 Å². The predicted octanol–water partition coefficient (Wildman–Crippen LogP) is 1.01. The van der Waals surface area contributed by atoms with Crippen molar-refractivity contribution in [2.24, 2.45) is 0 Å². The molecule has 2 aliphatic rings. The van der Waals surface area contributed by atoms with Gasteiger partial charge in [-0.15, -0.1) is 6.42 Å². The molecule has 1 aliphatic heterocycles. The van der Waals surface area contributed by atoms with Crippen molar-refractivity contribution < 1.29 is 24.8 Å². The molecule has 4 atom stereocenters. The molecule has 1 fully saturated rings. The van der Waals surface area contributed by atoms with Crippen LogP contribution in [0.4, 0.5) is 0 Å². The Morgan fingerprint density at radius 3 is 2.89 bits per heavy atom. The number of hydrogen-bond acceptors (Lipinski definition) is 7. The van der Waals surface area contributed by atoms with Crippen LogP contribution in [0.1, 0.15) is 37.5 Å². The van der Waals surface area contributed by atoms with Crippen LogP contribution < -0.4 is 4.74 Å². The number of nitrogens with zero attached hydrogens (tertiary/aromatic N) is 3. The van der Waals surface area contributed by atoms with Crippen LogP contribution in [-0.4, -0.2) is 61.4 Å². The van der Waals surface area contributed by atoms with Gasteiger partial charge >= 0.3 is 0 Å². The molecule has 4 rings (SSSR count). The van der Waals surface area contributed by atoms with Gasteiger partial charge in [0, 0.05) is 11.8 Å². The summed E-state index contributed by atoms with van der Waals surface area (Å²) in [6.45, 7) is -0.475. The van der Waals surface area contributed by atoms with Crippen molar-refractivity contribution in [1.29, 1.82) is 0 Å².